The molecule has 1 aliphatic rings. The number of hydrogen-bond donors (Lipinski definition) is 1. The monoisotopic (exact) mass is 501 g/mol. The van der Waals surface area contributed by atoms with Crippen LogP contribution in [0, 0.1) is 35.4 Å². The highest BCUT2D eigenvalue weighted by molar-refractivity contribution is 7.99. The van der Waals surface area contributed by atoms with Gasteiger partial charge < -0.3 is 5.11 Å². The van der Waals surface area contributed by atoms with Crippen molar-refractivity contribution in [2.24, 2.45) is 0 Å². The molecular formula is C26H24FN7OS. The number of benzene rings is 1. The second kappa shape index (κ2) is 10.1. The molecule has 1 aliphatic heterocycles. The van der Waals surface area contributed by atoms with Crippen molar-refractivity contribution < 1.29 is 9.50 Å². The normalized spacial score (nSPS) is 16.2. The summed E-state index contributed by atoms with van der Waals surface area (Å²) >= 11 is 1.31. The Balaban J connectivity index is 1.56. The Morgan fingerprint density at radius 1 is 1.14 bits per heavy atom. The summed E-state index contributed by atoms with van der Waals surface area (Å²) in [7, 11) is 0. The van der Waals surface area contributed by atoms with Gasteiger partial charge in [-0.1, -0.05) is 11.8 Å². The maximum absolute atomic E-state index is 13.7. The van der Waals surface area contributed by atoms with Gasteiger partial charge in [-0.3, -0.25) is 9.58 Å². The van der Waals surface area contributed by atoms with Crippen LogP contribution in [0.2, 0.25) is 0 Å². The minimum Gasteiger partial charge on any atom is -0.395 e. The summed E-state index contributed by atoms with van der Waals surface area (Å²) in [4.78, 5) is 3.60. The molecule has 0 aliphatic carbocycles. The van der Waals surface area contributed by atoms with Crippen molar-refractivity contribution >= 4 is 17.3 Å². The zero-order chi connectivity index (χ0) is 25.2. The molecule has 1 aromatic carbocycles. The Morgan fingerprint density at radius 3 is 2.75 bits per heavy atom. The molecule has 10 heteroatoms. The predicted octanol–water partition coefficient (Wildman–Crippen LogP) is 4.17. The summed E-state index contributed by atoms with van der Waals surface area (Å²) in [5, 5.41) is 37.6. The number of β-amino-alcohol motifs (C(OH)–C–C–N with tert-alkyl or cyclic N) is 1. The van der Waals surface area contributed by atoms with E-state index in [0.717, 1.165) is 47.6 Å². The average molecular weight is 502 g/mol. The quantitative estimate of drug-likeness (QED) is 0.423. The van der Waals surface area contributed by atoms with Gasteiger partial charge in [-0.15, -0.1) is 0 Å². The maximum Gasteiger partial charge on any atom is 0.124 e. The second-order valence-electron chi connectivity index (χ2n) is 8.82. The van der Waals surface area contributed by atoms with Gasteiger partial charge in [0.2, 0.25) is 0 Å². The zero-order valence-electron chi connectivity index (χ0n) is 19.7. The Kier molecular flexibility index (Phi) is 6.75. The number of nitrogens with zero attached hydrogens (tertiary/aromatic N) is 7. The zero-order valence-corrected chi connectivity index (χ0v) is 20.5. The van der Waals surface area contributed by atoms with E-state index in [-0.39, 0.29) is 18.2 Å². The molecular weight excluding hydrogens is 477 g/mol. The fourth-order valence-corrected chi connectivity index (χ4v) is 5.91. The predicted molar refractivity (Wildman–Crippen MR) is 133 cm³/mol. The third-order valence-corrected chi connectivity index (χ3v) is 7.68. The van der Waals surface area contributed by atoms with Crippen LogP contribution in [0.3, 0.4) is 0 Å². The lowest BCUT2D eigenvalue weighted by Crippen LogP contribution is -2.38. The van der Waals surface area contributed by atoms with Gasteiger partial charge in [0, 0.05) is 45.9 Å². The molecule has 3 aromatic heterocycles. The van der Waals surface area contributed by atoms with Crippen molar-refractivity contribution in [2.45, 2.75) is 35.6 Å². The van der Waals surface area contributed by atoms with Crippen LogP contribution in [0.4, 0.5) is 4.39 Å². The Labute approximate surface area is 212 Å². The lowest BCUT2D eigenvalue weighted by Gasteiger charge is -2.33. The van der Waals surface area contributed by atoms with E-state index in [1.807, 2.05) is 25.4 Å². The van der Waals surface area contributed by atoms with Gasteiger partial charge in [0.15, 0.2) is 0 Å². The Hall–Kier alpha value is -3.70. The van der Waals surface area contributed by atoms with Crippen molar-refractivity contribution in [1.82, 2.24) is 24.3 Å². The summed E-state index contributed by atoms with van der Waals surface area (Å²) in [5.74, 6) is -0.472. The van der Waals surface area contributed by atoms with Gasteiger partial charge in [0.1, 0.15) is 18.0 Å². The van der Waals surface area contributed by atoms with Crippen LogP contribution in [0.25, 0.3) is 16.6 Å². The molecule has 4 aromatic rings. The van der Waals surface area contributed by atoms with Crippen molar-refractivity contribution in [1.29, 1.82) is 10.5 Å². The maximum atomic E-state index is 13.7. The first kappa shape index (κ1) is 24.0. The summed E-state index contributed by atoms with van der Waals surface area (Å²) in [6, 6.07) is 10.6. The van der Waals surface area contributed by atoms with Crippen LogP contribution in [0.1, 0.15) is 35.7 Å². The number of aliphatic hydroxyl groups excluding tert-OH is 1. The van der Waals surface area contributed by atoms with E-state index < -0.39 is 5.82 Å². The highest BCUT2D eigenvalue weighted by Gasteiger charge is 2.24. The van der Waals surface area contributed by atoms with Crippen molar-refractivity contribution in [3.8, 4) is 23.3 Å². The van der Waals surface area contributed by atoms with Gasteiger partial charge >= 0.3 is 0 Å². The third kappa shape index (κ3) is 4.47. The van der Waals surface area contributed by atoms with Crippen molar-refractivity contribution in [3.05, 3.63) is 65.5 Å². The number of aliphatic hydroxyl groups is 1. The number of rotatable bonds is 6. The summed E-state index contributed by atoms with van der Waals surface area (Å²) in [5.41, 5.74) is 4.14. The van der Waals surface area contributed by atoms with Gasteiger partial charge in [-0.05, 0) is 50.6 Å². The molecule has 8 nitrogen and oxygen atoms in total. The minimum absolute atomic E-state index is 0.145. The standard InChI is InChI=1S/C26H24FN7OS/c1-17-23(14-31-34(17)22-3-2-6-32(16-22)7-8-35)19-10-25(26-20(12-29)13-30-33(26)15-19)36-24-5-4-21(27)9-18(24)11-28/h4-5,9-10,13-15,22,35H,2-3,6-8,16H2,1H3/t22-/m0/s1. The van der Waals surface area contributed by atoms with Crippen LogP contribution in [0.5, 0.6) is 0 Å². The molecule has 0 radical (unpaired) electrons. The fourth-order valence-electron chi connectivity index (χ4n) is 4.84. The molecule has 36 heavy (non-hydrogen) atoms. The Bertz CT molecular complexity index is 1510. The molecule has 0 saturated carbocycles. The van der Waals surface area contributed by atoms with E-state index in [1.54, 1.807) is 10.6 Å². The van der Waals surface area contributed by atoms with Crippen LogP contribution in [-0.4, -0.2) is 55.6 Å². The van der Waals surface area contributed by atoms with Crippen molar-refractivity contribution in [3.63, 3.8) is 0 Å². The fraction of sp³-hybridized carbons (Fsp3) is 0.308. The first-order valence-corrected chi connectivity index (χ1v) is 12.5. The van der Waals surface area contributed by atoms with Crippen molar-refractivity contribution in [2.75, 3.05) is 26.2 Å². The van der Waals surface area contributed by atoms with Crippen LogP contribution < -0.4 is 0 Å². The summed E-state index contributed by atoms with van der Waals surface area (Å²) in [6.45, 7) is 4.68. The van der Waals surface area contributed by atoms with Gasteiger partial charge in [-0.2, -0.15) is 20.7 Å². The molecule has 1 N–H and O–H groups in total. The first-order valence-electron chi connectivity index (χ1n) is 11.7. The largest absolute Gasteiger partial charge is 0.395 e. The molecule has 0 bridgehead atoms. The van der Waals surface area contributed by atoms with Crippen LogP contribution >= 0.6 is 11.8 Å². The lowest BCUT2D eigenvalue weighted by molar-refractivity contribution is 0.137. The second-order valence-corrected chi connectivity index (χ2v) is 9.90. The molecule has 182 valence electrons. The average Bonchev–Trinajstić information content (AvgIpc) is 3.48. The third-order valence-electron chi connectivity index (χ3n) is 6.58. The van der Waals surface area contributed by atoms with E-state index >= 15 is 0 Å². The van der Waals surface area contributed by atoms with Gasteiger partial charge in [-0.25, -0.2) is 8.91 Å². The molecule has 1 atom stereocenters. The Morgan fingerprint density at radius 2 is 1.97 bits per heavy atom. The minimum atomic E-state index is -0.472. The molecule has 0 spiro atoms. The van der Waals surface area contributed by atoms with E-state index in [9.17, 15) is 20.0 Å². The molecule has 4 heterocycles. The number of pyridine rings is 1. The number of hydrogen-bond acceptors (Lipinski definition) is 7. The van der Waals surface area contributed by atoms with E-state index in [2.05, 4.69) is 26.8 Å². The highest BCUT2D eigenvalue weighted by Crippen LogP contribution is 2.38. The number of piperidine rings is 1. The van der Waals surface area contributed by atoms with E-state index in [0.29, 0.717) is 22.5 Å². The molecule has 1 saturated heterocycles. The molecule has 5 rings (SSSR count). The van der Waals surface area contributed by atoms with E-state index in [1.165, 1.54) is 30.1 Å². The van der Waals surface area contributed by atoms with Crippen LogP contribution in [0.15, 0.2) is 52.6 Å². The van der Waals surface area contributed by atoms with Gasteiger partial charge in [0.25, 0.3) is 0 Å². The first-order chi connectivity index (χ1) is 17.5. The highest BCUT2D eigenvalue weighted by atomic mass is 32.2. The number of fused-ring (bicyclic) bond motifs is 1. The molecule has 0 unspecified atom stereocenters. The topological polar surface area (TPSA) is 106 Å². The van der Waals surface area contributed by atoms with Gasteiger partial charge in [0.05, 0.1) is 41.7 Å². The SMILES string of the molecule is Cc1c(-c2cc(Sc3ccc(F)cc3C#N)c3c(C#N)cnn3c2)cnn1[C@H]1CCCN(CCO)C1. The smallest absolute Gasteiger partial charge is 0.124 e. The molecule has 0 amide bonds. The lowest BCUT2D eigenvalue weighted by atomic mass is 10.0. The summed E-state index contributed by atoms with van der Waals surface area (Å²) < 4.78 is 17.4. The number of halogens is 1. The number of nitriles is 2. The van der Waals surface area contributed by atoms with E-state index in [4.69, 9.17) is 5.10 Å². The molecule has 1 fully saturated rings. The van der Waals surface area contributed by atoms with Crippen LogP contribution in [-0.2, 0) is 0 Å². The number of aromatic nitrogens is 4. The summed E-state index contributed by atoms with van der Waals surface area (Å²) in [6.07, 6.45) is 7.32. The number of likely N-dealkylation sites (tertiary alicyclic amines) is 1.